The minimum atomic E-state index is -4.84. The summed E-state index contributed by atoms with van der Waals surface area (Å²) in [7, 11) is 0. The number of aryl methyl sites for hydroxylation is 1. The van der Waals surface area contributed by atoms with Crippen molar-refractivity contribution in [3.05, 3.63) is 35.7 Å². The molecule has 12 heteroatoms. The average molecular weight is 391 g/mol. The molecule has 25 heavy (non-hydrogen) atoms. The first-order valence-electron chi connectivity index (χ1n) is 6.50. The molecule has 0 aliphatic carbocycles. The van der Waals surface area contributed by atoms with E-state index in [-0.39, 0.29) is 10.5 Å². The first-order valence-corrected chi connectivity index (χ1v) is 7.48. The van der Waals surface area contributed by atoms with Gasteiger partial charge in [-0.2, -0.15) is 22.0 Å². The van der Waals surface area contributed by atoms with Gasteiger partial charge in [-0.05, 0) is 24.6 Å². The number of aromatic nitrogens is 3. The van der Waals surface area contributed by atoms with E-state index in [1.165, 1.54) is 6.92 Å². The van der Waals surface area contributed by atoms with Crippen LogP contribution < -0.4 is 0 Å². The van der Waals surface area contributed by atoms with Crippen molar-refractivity contribution >= 4 is 11.8 Å². The molecule has 1 aromatic carbocycles. The lowest BCUT2D eigenvalue weighted by molar-refractivity contribution is -0.144. The molecule has 0 fully saturated rings. The van der Waals surface area contributed by atoms with Gasteiger partial charge in [0.2, 0.25) is 0 Å². The van der Waals surface area contributed by atoms with Gasteiger partial charge in [0.25, 0.3) is 5.82 Å². The number of hydrogen-bond donors (Lipinski definition) is 0. The number of benzene rings is 1. The average Bonchev–Trinajstić information content (AvgIpc) is 2.95. The summed E-state index contributed by atoms with van der Waals surface area (Å²) in [5.41, 5.74) is -0.316. The van der Waals surface area contributed by atoms with Crippen molar-refractivity contribution in [2.24, 2.45) is 0 Å². The summed E-state index contributed by atoms with van der Waals surface area (Å²) < 4.78 is 102. The van der Waals surface area contributed by atoms with Crippen LogP contribution in [0.5, 0.6) is 0 Å². The second kappa shape index (κ2) is 6.81. The van der Waals surface area contributed by atoms with Gasteiger partial charge in [0, 0.05) is 4.90 Å². The molecule has 0 saturated heterocycles. The molecule has 0 N–H and O–H groups in total. The molecular weight excluding hydrogens is 382 g/mol. The zero-order valence-electron chi connectivity index (χ0n) is 12.3. The summed E-state index contributed by atoms with van der Waals surface area (Å²) in [6, 6.07) is 1.83. The molecule has 0 radical (unpaired) electrons. The SMILES string of the molecule is Cc1cc(F)c(-n2cnc(C(F)(F)F)n2)cc1SCC(F)(F)C(F)F. The Bertz CT molecular complexity index is 756. The monoisotopic (exact) mass is 391 g/mol. The number of halogens is 8. The van der Waals surface area contributed by atoms with E-state index in [0.717, 1.165) is 12.1 Å². The van der Waals surface area contributed by atoms with Crippen LogP contribution in [0.4, 0.5) is 35.1 Å². The Labute approximate surface area is 140 Å². The highest BCUT2D eigenvalue weighted by atomic mass is 32.2. The number of alkyl halides is 7. The number of hydrogen-bond acceptors (Lipinski definition) is 3. The van der Waals surface area contributed by atoms with Crippen LogP contribution >= 0.6 is 11.8 Å². The first kappa shape index (κ1) is 19.5. The maximum Gasteiger partial charge on any atom is 0.453 e. The van der Waals surface area contributed by atoms with Crippen LogP contribution in [0.2, 0.25) is 0 Å². The summed E-state index contributed by atoms with van der Waals surface area (Å²) in [5.74, 6) is -8.02. The highest BCUT2D eigenvalue weighted by Crippen LogP contribution is 2.34. The molecule has 0 spiro atoms. The Balaban J connectivity index is 2.33. The van der Waals surface area contributed by atoms with E-state index in [2.05, 4.69) is 10.1 Å². The van der Waals surface area contributed by atoms with Gasteiger partial charge in [0.1, 0.15) is 17.8 Å². The van der Waals surface area contributed by atoms with Crippen molar-refractivity contribution in [1.29, 1.82) is 0 Å². The Hall–Kier alpha value is -1.85. The normalized spacial score (nSPS) is 12.9. The van der Waals surface area contributed by atoms with Crippen LogP contribution in [0.25, 0.3) is 5.69 Å². The molecule has 0 aliphatic rings. The van der Waals surface area contributed by atoms with Gasteiger partial charge in [-0.1, -0.05) is 0 Å². The Morgan fingerprint density at radius 2 is 1.80 bits per heavy atom. The smallest absolute Gasteiger partial charge is 0.217 e. The van der Waals surface area contributed by atoms with E-state index in [1.807, 2.05) is 0 Å². The maximum atomic E-state index is 14.0. The highest BCUT2D eigenvalue weighted by Gasteiger charge is 2.40. The predicted octanol–water partition coefficient (Wildman–Crippen LogP) is 4.73. The Kier molecular flexibility index (Phi) is 5.30. The van der Waals surface area contributed by atoms with Crippen LogP contribution in [-0.4, -0.2) is 32.9 Å². The molecule has 0 atom stereocenters. The van der Waals surface area contributed by atoms with Crippen LogP contribution in [0.3, 0.4) is 0 Å². The fourth-order valence-corrected chi connectivity index (χ4v) is 2.67. The fraction of sp³-hybridized carbons (Fsp3) is 0.385. The summed E-state index contributed by atoms with van der Waals surface area (Å²) in [5, 5.41) is 3.08. The molecule has 2 rings (SSSR count). The Morgan fingerprint density at radius 1 is 1.16 bits per heavy atom. The van der Waals surface area contributed by atoms with Gasteiger partial charge in [-0.15, -0.1) is 16.9 Å². The van der Waals surface area contributed by atoms with E-state index in [1.54, 1.807) is 0 Å². The molecule has 0 unspecified atom stereocenters. The molecule has 0 bridgehead atoms. The molecule has 0 amide bonds. The quantitative estimate of drug-likeness (QED) is 0.546. The van der Waals surface area contributed by atoms with Crippen molar-refractivity contribution in [3.63, 3.8) is 0 Å². The Morgan fingerprint density at radius 3 is 2.32 bits per heavy atom. The van der Waals surface area contributed by atoms with Crippen molar-refractivity contribution in [2.75, 3.05) is 5.75 Å². The van der Waals surface area contributed by atoms with Crippen LogP contribution in [0.15, 0.2) is 23.4 Å². The third kappa shape index (κ3) is 4.41. The summed E-state index contributed by atoms with van der Waals surface area (Å²) >= 11 is 0.332. The van der Waals surface area contributed by atoms with Crippen LogP contribution in [0, 0.1) is 12.7 Å². The molecular formula is C13H9F8N3S. The molecule has 1 aromatic heterocycles. The van der Waals surface area contributed by atoms with Gasteiger partial charge in [-0.25, -0.2) is 22.8 Å². The lowest BCUT2D eigenvalue weighted by Crippen LogP contribution is -2.29. The molecule has 0 saturated carbocycles. The molecule has 0 aliphatic heterocycles. The van der Waals surface area contributed by atoms with Crippen molar-refractivity contribution in [2.45, 2.75) is 30.3 Å². The second-order valence-electron chi connectivity index (χ2n) is 4.93. The zero-order chi connectivity index (χ0) is 19.0. The standard InChI is InChI=1S/C13H9F8N3S/c1-6-2-7(14)8(24-5-22-11(23-24)13(19,20)21)3-9(6)25-4-12(17,18)10(15)16/h2-3,5,10H,4H2,1H3. The maximum absolute atomic E-state index is 14.0. The third-order valence-corrected chi connectivity index (χ3v) is 4.26. The second-order valence-corrected chi connectivity index (χ2v) is 5.95. The van der Waals surface area contributed by atoms with E-state index in [0.29, 0.717) is 22.8 Å². The molecule has 2 aromatic rings. The molecule has 3 nitrogen and oxygen atoms in total. The van der Waals surface area contributed by atoms with E-state index in [9.17, 15) is 35.1 Å². The first-order chi connectivity index (χ1) is 11.4. The van der Waals surface area contributed by atoms with Crippen molar-refractivity contribution in [1.82, 2.24) is 14.8 Å². The van der Waals surface area contributed by atoms with Crippen molar-refractivity contribution < 1.29 is 35.1 Å². The largest absolute Gasteiger partial charge is 0.453 e. The van der Waals surface area contributed by atoms with Crippen molar-refractivity contribution in [3.8, 4) is 5.69 Å². The predicted molar refractivity (Wildman–Crippen MR) is 72.7 cm³/mol. The van der Waals surface area contributed by atoms with E-state index in [4.69, 9.17) is 0 Å². The van der Waals surface area contributed by atoms with Gasteiger partial charge < -0.3 is 0 Å². The van der Waals surface area contributed by atoms with Gasteiger partial charge in [0.15, 0.2) is 0 Å². The molecule has 1 heterocycles. The minimum absolute atomic E-state index is 0.000726. The summed E-state index contributed by atoms with van der Waals surface area (Å²) in [6.07, 6.45) is -8.10. The van der Waals surface area contributed by atoms with Crippen LogP contribution in [-0.2, 0) is 6.18 Å². The highest BCUT2D eigenvalue weighted by molar-refractivity contribution is 7.99. The number of rotatable bonds is 5. The van der Waals surface area contributed by atoms with Crippen LogP contribution in [0.1, 0.15) is 11.4 Å². The molecule has 138 valence electrons. The summed E-state index contributed by atoms with van der Waals surface area (Å²) in [6.45, 7) is 1.35. The topological polar surface area (TPSA) is 30.7 Å². The van der Waals surface area contributed by atoms with E-state index < -0.39 is 41.6 Å². The number of nitrogens with zero attached hydrogens (tertiary/aromatic N) is 3. The summed E-state index contributed by atoms with van der Waals surface area (Å²) in [4.78, 5) is 3.00. The minimum Gasteiger partial charge on any atom is -0.217 e. The number of thioether (sulfide) groups is 1. The van der Waals surface area contributed by atoms with Gasteiger partial charge in [0.05, 0.1) is 5.75 Å². The fourth-order valence-electron chi connectivity index (χ4n) is 1.72. The lowest BCUT2D eigenvalue weighted by atomic mass is 10.2. The third-order valence-electron chi connectivity index (χ3n) is 2.98. The van der Waals surface area contributed by atoms with Gasteiger partial charge in [-0.3, -0.25) is 0 Å². The van der Waals surface area contributed by atoms with Gasteiger partial charge >= 0.3 is 18.5 Å². The zero-order valence-corrected chi connectivity index (χ0v) is 13.1. The lowest BCUT2D eigenvalue weighted by Gasteiger charge is -2.16. The van der Waals surface area contributed by atoms with E-state index >= 15 is 0 Å².